The van der Waals surface area contributed by atoms with Gasteiger partial charge in [-0.3, -0.25) is 0 Å². The molecule has 11 heteroatoms. The summed E-state index contributed by atoms with van der Waals surface area (Å²) >= 11 is -1.76. The number of rotatable bonds is 3. The van der Waals surface area contributed by atoms with Gasteiger partial charge >= 0.3 is 114 Å². The first kappa shape index (κ1) is 13.6. The molecule has 0 bridgehead atoms. The Bertz CT molecular complexity index is 601. The van der Waals surface area contributed by atoms with E-state index in [0.29, 0.717) is 0 Å². The standard InChI is InChI=1S/C8H4F3IN5O2/c9-8(10,11)6-3-5(12-17(18)19)4-13-7(6)16-14-1-2-15-16/h1-4H/q-1. The van der Waals surface area contributed by atoms with Gasteiger partial charge in [-0.05, 0) is 0 Å². The van der Waals surface area contributed by atoms with Gasteiger partial charge in [0.2, 0.25) is 0 Å². The van der Waals surface area contributed by atoms with Crippen LogP contribution in [-0.4, -0.2) is 23.1 Å². The Hall–Kier alpha value is -1.79. The number of aromatic nitrogens is 4. The molecule has 0 saturated carbocycles. The average molecular weight is 386 g/mol. The van der Waals surface area contributed by atoms with Crippen LogP contribution >= 0.6 is 0 Å². The van der Waals surface area contributed by atoms with Crippen molar-refractivity contribution in [3.05, 3.63) is 43.9 Å². The van der Waals surface area contributed by atoms with E-state index in [1.165, 1.54) is 12.4 Å². The number of nitrogens with zero attached hydrogens (tertiary/aromatic N) is 5. The summed E-state index contributed by atoms with van der Waals surface area (Å²) in [7, 11) is 0. The summed E-state index contributed by atoms with van der Waals surface area (Å²) in [6, 6.07) is 0.724. The van der Waals surface area contributed by atoms with Gasteiger partial charge in [0.25, 0.3) is 0 Å². The molecular formula is C8H4F3IN5O2-. The summed E-state index contributed by atoms with van der Waals surface area (Å²) in [5.41, 5.74) is -1.09. The maximum atomic E-state index is 12.9. The van der Waals surface area contributed by atoms with Crippen LogP contribution in [0.1, 0.15) is 5.56 Å². The van der Waals surface area contributed by atoms with Gasteiger partial charge < -0.3 is 0 Å². The van der Waals surface area contributed by atoms with E-state index < -0.39 is 42.2 Å². The Balaban J connectivity index is 2.53. The molecule has 0 aliphatic heterocycles. The van der Waals surface area contributed by atoms with Crippen molar-refractivity contribution in [2.45, 2.75) is 6.18 Å². The molecule has 7 nitrogen and oxygen atoms in total. The van der Waals surface area contributed by atoms with Crippen molar-refractivity contribution < 1.29 is 37.8 Å². The number of alkyl halides is 3. The van der Waals surface area contributed by atoms with Crippen molar-refractivity contribution in [3.63, 3.8) is 0 Å². The van der Waals surface area contributed by atoms with Gasteiger partial charge in [0, 0.05) is 0 Å². The Kier molecular flexibility index (Phi) is 3.64. The molecule has 0 spiro atoms. The van der Waals surface area contributed by atoms with Gasteiger partial charge in [-0.15, -0.1) is 0 Å². The Labute approximate surface area is 114 Å². The van der Waals surface area contributed by atoms with E-state index in [2.05, 4.69) is 15.2 Å². The van der Waals surface area contributed by atoms with Gasteiger partial charge in [-0.2, -0.15) is 0 Å². The zero-order valence-corrected chi connectivity index (χ0v) is 11.0. The van der Waals surface area contributed by atoms with Crippen LogP contribution < -0.4 is 21.5 Å². The van der Waals surface area contributed by atoms with Gasteiger partial charge in [0.15, 0.2) is 0 Å². The summed E-state index contributed by atoms with van der Waals surface area (Å²) in [6.07, 6.45) is -1.23. The fourth-order valence-electron chi connectivity index (χ4n) is 1.25. The van der Waals surface area contributed by atoms with Crippen LogP contribution in [0, 0.1) is 13.7 Å². The topological polar surface area (TPSA) is 86.7 Å². The molecule has 0 N–H and O–H groups in total. The molecule has 2 aromatic heterocycles. The van der Waals surface area contributed by atoms with Gasteiger partial charge in [0.05, 0.1) is 0 Å². The van der Waals surface area contributed by atoms with Gasteiger partial charge in [-0.1, -0.05) is 0 Å². The van der Waals surface area contributed by atoms with Crippen molar-refractivity contribution in [2.24, 2.45) is 0 Å². The van der Waals surface area contributed by atoms with E-state index in [4.69, 9.17) is 0 Å². The predicted molar refractivity (Wildman–Crippen MR) is 49.8 cm³/mol. The number of halogens is 4. The molecule has 2 rings (SSSR count). The molecule has 0 unspecified atom stereocenters. The second kappa shape index (κ2) is 5.07. The monoisotopic (exact) mass is 386 g/mol. The third kappa shape index (κ3) is 3.15. The summed E-state index contributed by atoms with van der Waals surface area (Å²) in [6.45, 7) is 0. The molecule has 2 heterocycles. The average Bonchev–Trinajstić information content (AvgIpc) is 2.80. The van der Waals surface area contributed by atoms with E-state index in [1.54, 1.807) is 0 Å². The van der Waals surface area contributed by atoms with E-state index >= 15 is 0 Å². The zero-order chi connectivity index (χ0) is 14.0. The van der Waals surface area contributed by atoms with E-state index in [9.17, 15) is 23.3 Å². The van der Waals surface area contributed by atoms with Crippen molar-refractivity contribution in [1.29, 1.82) is 0 Å². The van der Waals surface area contributed by atoms with E-state index in [-0.39, 0.29) is 3.57 Å². The minimum atomic E-state index is -4.69. The van der Waals surface area contributed by atoms with Crippen LogP contribution in [0.15, 0.2) is 24.7 Å². The van der Waals surface area contributed by atoms with Crippen molar-refractivity contribution in [3.8, 4) is 5.82 Å². The van der Waals surface area contributed by atoms with Crippen molar-refractivity contribution in [1.82, 2.24) is 20.0 Å². The molecule has 0 aliphatic carbocycles. The fraction of sp³-hybridized carbons (Fsp3) is 0.125. The summed E-state index contributed by atoms with van der Waals surface area (Å²) in [5.74, 6) is -0.506. The molecule has 102 valence electrons. The number of hydrogen-bond donors (Lipinski definition) is 0. The first-order valence-electron chi connectivity index (χ1n) is 4.61. The van der Waals surface area contributed by atoms with Crippen LogP contribution in [0.5, 0.6) is 0 Å². The molecule has 0 aromatic carbocycles. The summed E-state index contributed by atoms with van der Waals surface area (Å²) < 4.78 is 38.0. The number of nitro groups is 1. The molecule has 0 radical (unpaired) electrons. The van der Waals surface area contributed by atoms with Crippen molar-refractivity contribution in [2.75, 3.05) is 0 Å². The second-order valence-corrected chi connectivity index (χ2v) is 5.65. The third-order valence-electron chi connectivity index (χ3n) is 1.91. The molecule has 19 heavy (non-hydrogen) atoms. The third-order valence-corrected chi connectivity index (χ3v) is 3.45. The molecule has 2 aromatic rings. The molecule has 0 amide bonds. The maximum absolute atomic E-state index is 12.9. The number of hydrogen-bond acceptors (Lipinski definition) is 5. The van der Waals surface area contributed by atoms with Crippen molar-refractivity contribution >= 4 is 0 Å². The number of pyridine rings is 1. The van der Waals surface area contributed by atoms with Crippen LogP contribution in [-0.2, 0) is 6.18 Å². The first-order valence-corrected chi connectivity index (χ1v) is 6.65. The fourth-order valence-corrected chi connectivity index (χ4v) is 2.42. The zero-order valence-electron chi connectivity index (χ0n) is 8.87. The predicted octanol–water partition coefficient (Wildman–Crippen LogP) is -1.87. The second-order valence-electron chi connectivity index (χ2n) is 3.14. The van der Waals surface area contributed by atoms with Crippen LogP contribution in [0.2, 0.25) is 0 Å². The molecule has 0 aliphatic rings. The summed E-state index contributed by atoms with van der Waals surface area (Å²) in [5, 5.41) is 17.5. The summed E-state index contributed by atoms with van der Waals surface area (Å²) in [4.78, 5) is 14.7. The molecule has 0 atom stereocenters. The first-order chi connectivity index (χ1) is 8.88. The Morgan fingerprint density at radius 1 is 1.32 bits per heavy atom. The van der Waals surface area contributed by atoms with Crippen LogP contribution in [0.25, 0.3) is 5.82 Å². The quantitative estimate of drug-likeness (QED) is 0.267. The van der Waals surface area contributed by atoms with E-state index in [0.717, 1.165) is 17.1 Å². The molecule has 0 fully saturated rings. The Morgan fingerprint density at radius 3 is 2.47 bits per heavy atom. The minimum absolute atomic E-state index is 0.0352. The Morgan fingerprint density at radius 2 is 1.95 bits per heavy atom. The van der Waals surface area contributed by atoms with Crippen LogP contribution in [0.4, 0.5) is 13.2 Å². The molecule has 0 saturated heterocycles. The molecular weight excluding hydrogens is 382 g/mol. The SMILES string of the molecule is O=[N+]([O-])[I-]c1cnc(-n2nccn2)c(C(F)(F)F)c1. The van der Waals surface area contributed by atoms with Crippen LogP contribution in [0.3, 0.4) is 0 Å². The van der Waals surface area contributed by atoms with Gasteiger partial charge in [0.1, 0.15) is 0 Å². The van der Waals surface area contributed by atoms with E-state index in [1.807, 2.05) is 0 Å². The van der Waals surface area contributed by atoms with Gasteiger partial charge in [-0.25, -0.2) is 0 Å². The normalized spacial score (nSPS) is 11.7.